The predicted molar refractivity (Wildman–Crippen MR) is 75.1 cm³/mol. The molecule has 0 heterocycles. The summed E-state index contributed by atoms with van der Waals surface area (Å²) in [6.07, 6.45) is 0.792. The maximum absolute atomic E-state index is 12.3. The van der Waals surface area contributed by atoms with E-state index in [1.54, 1.807) is 13.1 Å². The fraction of sp³-hybridized carbons (Fsp3) is 0.500. The molecule has 0 atom stereocenters. The van der Waals surface area contributed by atoms with Gasteiger partial charge in [0.25, 0.3) is 0 Å². The molecule has 1 aromatic carbocycles. The van der Waals surface area contributed by atoms with Crippen LogP contribution in [0.2, 0.25) is 5.02 Å². The number of nitrogen functional groups attached to an aromatic ring is 1. The van der Waals surface area contributed by atoms with Gasteiger partial charge in [-0.05, 0) is 24.5 Å². The highest BCUT2D eigenvalue weighted by molar-refractivity contribution is 7.89. The molecule has 1 rings (SSSR count). The van der Waals surface area contributed by atoms with E-state index >= 15 is 0 Å². The molecular weight excluding hydrogens is 272 g/mol. The summed E-state index contributed by atoms with van der Waals surface area (Å²) < 4.78 is 26.0. The summed E-state index contributed by atoms with van der Waals surface area (Å²) in [5, 5.41) is 0.159. The van der Waals surface area contributed by atoms with Crippen LogP contribution in [0.25, 0.3) is 0 Å². The molecule has 0 aliphatic heterocycles. The van der Waals surface area contributed by atoms with Crippen molar-refractivity contribution in [3.63, 3.8) is 0 Å². The van der Waals surface area contributed by atoms with Crippen LogP contribution >= 0.6 is 11.6 Å². The Bertz CT molecular complexity index is 495. The van der Waals surface area contributed by atoms with Crippen LogP contribution in [-0.2, 0) is 10.0 Å². The van der Waals surface area contributed by atoms with E-state index in [4.69, 9.17) is 17.3 Å². The smallest absolute Gasteiger partial charge is 0.246 e. The Labute approximate surface area is 114 Å². The van der Waals surface area contributed by atoms with Gasteiger partial charge < -0.3 is 5.73 Å². The lowest BCUT2D eigenvalue weighted by atomic mass is 10.1. The molecular formula is C12H19ClN2O2S. The summed E-state index contributed by atoms with van der Waals surface area (Å²) in [6.45, 7) is 4.54. The zero-order valence-corrected chi connectivity index (χ0v) is 12.4. The lowest BCUT2D eigenvalue weighted by Gasteiger charge is -2.19. The molecule has 102 valence electrons. The number of anilines is 1. The minimum atomic E-state index is -3.62. The van der Waals surface area contributed by atoms with Crippen LogP contribution in [0.3, 0.4) is 0 Å². The zero-order valence-electron chi connectivity index (χ0n) is 10.9. The van der Waals surface area contributed by atoms with E-state index in [0.717, 1.165) is 6.42 Å². The molecule has 0 aromatic heterocycles. The largest absolute Gasteiger partial charge is 0.398 e. The molecule has 6 heteroatoms. The van der Waals surface area contributed by atoms with Crippen molar-refractivity contribution in [1.29, 1.82) is 0 Å². The van der Waals surface area contributed by atoms with Gasteiger partial charge in [-0.2, -0.15) is 0 Å². The molecule has 4 nitrogen and oxygen atoms in total. The van der Waals surface area contributed by atoms with Gasteiger partial charge in [-0.3, -0.25) is 0 Å². The lowest BCUT2D eigenvalue weighted by molar-refractivity contribution is 0.428. The zero-order chi connectivity index (χ0) is 13.9. The summed E-state index contributed by atoms with van der Waals surface area (Å²) in [7, 11) is -2.08. The van der Waals surface area contributed by atoms with Crippen molar-refractivity contribution in [2.75, 3.05) is 19.3 Å². The summed E-state index contributed by atoms with van der Waals surface area (Å²) in [5.74, 6) is 0.436. The van der Waals surface area contributed by atoms with Gasteiger partial charge in [-0.25, -0.2) is 12.7 Å². The third kappa shape index (κ3) is 3.37. The lowest BCUT2D eigenvalue weighted by Crippen LogP contribution is -2.29. The van der Waals surface area contributed by atoms with Gasteiger partial charge in [0.05, 0.1) is 10.7 Å². The molecule has 0 fully saturated rings. The van der Waals surface area contributed by atoms with E-state index in [9.17, 15) is 8.42 Å². The number of sulfonamides is 1. The quantitative estimate of drug-likeness (QED) is 0.848. The average Bonchev–Trinajstić information content (AvgIpc) is 2.25. The van der Waals surface area contributed by atoms with Crippen LogP contribution in [0, 0.1) is 5.92 Å². The molecule has 1 aromatic rings. The van der Waals surface area contributed by atoms with E-state index in [1.807, 2.05) is 13.8 Å². The first-order chi connectivity index (χ1) is 8.26. The van der Waals surface area contributed by atoms with Crippen LogP contribution in [0.4, 0.5) is 5.69 Å². The van der Waals surface area contributed by atoms with Gasteiger partial charge in [-0.1, -0.05) is 31.5 Å². The van der Waals surface area contributed by atoms with Crippen molar-refractivity contribution in [1.82, 2.24) is 4.31 Å². The monoisotopic (exact) mass is 290 g/mol. The first kappa shape index (κ1) is 15.3. The fourth-order valence-corrected chi connectivity index (χ4v) is 3.33. The number of rotatable bonds is 5. The number of hydrogen-bond acceptors (Lipinski definition) is 3. The second-order valence-electron chi connectivity index (χ2n) is 4.67. The first-order valence-electron chi connectivity index (χ1n) is 5.77. The second kappa shape index (κ2) is 5.91. The minimum absolute atomic E-state index is 0.00192. The SMILES string of the molecule is CC(C)CCN(C)S(=O)(=O)c1c(N)cccc1Cl. The van der Waals surface area contributed by atoms with E-state index in [-0.39, 0.29) is 15.6 Å². The molecule has 18 heavy (non-hydrogen) atoms. The van der Waals surface area contributed by atoms with Gasteiger partial charge in [0.15, 0.2) is 0 Å². The van der Waals surface area contributed by atoms with E-state index in [0.29, 0.717) is 12.5 Å². The van der Waals surface area contributed by atoms with Crippen LogP contribution in [0.5, 0.6) is 0 Å². The van der Waals surface area contributed by atoms with Crippen molar-refractivity contribution in [2.24, 2.45) is 5.92 Å². The number of halogens is 1. The molecule has 0 spiro atoms. The molecule has 0 bridgehead atoms. The van der Waals surface area contributed by atoms with Gasteiger partial charge in [-0.15, -0.1) is 0 Å². The van der Waals surface area contributed by atoms with Crippen LogP contribution in [0.15, 0.2) is 23.1 Å². The van der Waals surface area contributed by atoms with Crippen molar-refractivity contribution < 1.29 is 8.42 Å². The maximum Gasteiger partial charge on any atom is 0.246 e. The minimum Gasteiger partial charge on any atom is -0.398 e. The Hall–Kier alpha value is -0.780. The molecule has 0 saturated heterocycles. The Kier molecular flexibility index (Phi) is 5.01. The first-order valence-corrected chi connectivity index (χ1v) is 7.59. The standard InChI is InChI=1S/C12H19ClN2O2S/c1-9(2)7-8-15(3)18(16,17)12-10(13)5-4-6-11(12)14/h4-6,9H,7-8,14H2,1-3H3. The average molecular weight is 291 g/mol. The summed E-state index contributed by atoms with van der Waals surface area (Å²) in [6, 6.07) is 4.70. The third-order valence-corrected chi connectivity index (χ3v) is 5.09. The van der Waals surface area contributed by atoms with Gasteiger partial charge in [0, 0.05) is 13.6 Å². The van der Waals surface area contributed by atoms with Gasteiger partial charge >= 0.3 is 0 Å². The number of nitrogens with two attached hydrogens (primary N) is 1. The molecule has 0 saturated carbocycles. The Morgan fingerprint density at radius 1 is 1.39 bits per heavy atom. The summed E-state index contributed by atoms with van der Waals surface area (Å²) in [4.78, 5) is -0.00192. The van der Waals surface area contributed by atoms with Crippen molar-refractivity contribution in [3.05, 3.63) is 23.2 Å². The normalized spacial score (nSPS) is 12.3. The maximum atomic E-state index is 12.3. The van der Waals surface area contributed by atoms with Crippen molar-refractivity contribution >= 4 is 27.3 Å². The van der Waals surface area contributed by atoms with Crippen molar-refractivity contribution in [3.8, 4) is 0 Å². The highest BCUT2D eigenvalue weighted by Crippen LogP contribution is 2.29. The Morgan fingerprint density at radius 2 is 2.00 bits per heavy atom. The van der Waals surface area contributed by atoms with Crippen LogP contribution in [0.1, 0.15) is 20.3 Å². The fourth-order valence-electron chi connectivity index (χ4n) is 1.51. The molecule has 0 aliphatic carbocycles. The van der Waals surface area contributed by atoms with E-state index < -0.39 is 10.0 Å². The van der Waals surface area contributed by atoms with Crippen LogP contribution < -0.4 is 5.73 Å². The molecule has 2 N–H and O–H groups in total. The summed E-state index contributed by atoms with van der Waals surface area (Å²) in [5.41, 5.74) is 5.89. The Balaban J connectivity index is 3.06. The Morgan fingerprint density at radius 3 is 2.50 bits per heavy atom. The van der Waals surface area contributed by atoms with E-state index in [2.05, 4.69) is 0 Å². The molecule has 0 radical (unpaired) electrons. The van der Waals surface area contributed by atoms with Crippen molar-refractivity contribution in [2.45, 2.75) is 25.2 Å². The molecule has 0 aliphatic rings. The topological polar surface area (TPSA) is 63.4 Å². The summed E-state index contributed by atoms with van der Waals surface area (Å²) >= 11 is 5.93. The highest BCUT2D eigenvalue weighted by atomic mass is 35.5. The van der Waals surface area contributed by atoms with Crippen LogP contribution in [-0.4, -0.2) is 26.3 Å². The van der Waals surface area contributed by atoms with Gasteiger partial charge in [0.2, 0.25) is 10.0 Å². The van der Waals surface area contributed by atoms with Gasteiger partial charge in [0.1, 0.15) is 4.90 Å². The second-order valence-corrected chi connectivity index (χ2v) is 7.06. The number of nitrogens with zero attached hydrogens (tertiary/aromatic N) is 1. The number of benzene rings is 1. The highest BCUT2D eigenvalue weighted by Gasteiger charge is 2.25. The molecule has 0 unspecified atom stereocenters. The number of hydrogen-bond donors (Lipinski definition) is 1. The van der Waals surface area contributed by atoms with E-state index in [1.165, 1.54) is 16.4 Å². The predicted octanol–water partition coefficient (Wildman–Crippen LogP) is 2.59. The molecule has 0 amide bonds. The third-order valence-electron chi connectivity index (χ3n) is 2.69.